The van der Waals surface area contributed by atoms with Crippen molar-refractivity contribution in [2.75, 3.05) is 6.61 Å². The van der Waals surface area contributed by atoms with Gasteiger partial charge >= 0.3 is 5.97 Å². The minimum atomic E-state index is -3.88. The number of carbonyl (C=O) groups is 1. The zero-order chi connectivity index (χ0) is 15.1. The second kappa shape index (κ2) is 5.04. The summed E-state index contributed by atoms with van der Waals surface area (Å²) in [5.74, 6) is -0.602. The Morgan fingerprint density at radius 3 is 2.75 bits per heavy atom. The van der Waals surface area contributed by atoms with E-state index in [0.29, 0.717) is 11.0 Å². The molecule has 9 heteroatoms. The molecule has 0 aliphatic carbocycles. The molecule has 0 fully saturated rings. The van der Waals surface area contributed by atoms with Gasteiger partial charge < -0.3 is 9.30 Å². The standard InChI is InChI=1S/C11H12ClN3O4S/c1-3-19-11(16)10-8(12)9-7(15(10)2)4-6(5-14-9)20(13,17)18/h4-5H,3H2,1-2H3,(H2,13,17,18). The number of nitrogens with two attached hydrogens (primary N) is 1. The van der Waals surface area contributed by atoms with Gasteiger partial charge in [-0.15, -0.1) is 0 Å². The van der Waals surface area contributed by atoms with Crippen molar-refractivity contribution in [3.05, 3.63) is 23.0 Å². The van der Waals surface area contributed by atoms with Gasteiger partial charge in [0, 0.05) is 13.2 Å². The highest BCUT2D eigenvalue weighted by Crippen LogP contribution is 2.30. The van der Waals surface area contributed by atoms with Crippen LogP contribution in [0.3, 0.4) is 0 Å². The molecule has 20 heavy (non-hydrogen) atoms. The summed E-state index contributed by atoms with van der Waals surface area (Å²) in [6, 6.07) is 1.31. The van der Waals surface area contributed by atoms with Gasteiger partial charge in [0.25, 0.3) is 0 Å². The van der Waals surface area contributed by atoms with E-state index in [2.05, 4.69) is 4.98 Å². The Morgan fingerprint density at radius 2 is 2.20 bits per heavy atom. The average Bonchev–Trinajstić information content (AvgIpc) is 2.61. The number of sulfonamides is 1. The van der Waals surface area contributed by atoms with Crippen molar-refractivity contribution < 1.29 is 17.9 Å². The van der Waals surface area contributed by atoms with Crippen LogP contribution in [0.1, 0.15) is 17.4 Å². The zero-order valence-corrected chi connectivity index (χ0v) is 12.3. The zero-order valence-electron chi connectivity index (χ0n) is 10.8. The van der Waals surface area contributed by atoms with E-state index in [-0.39, 0.29) is 22.2 Å². The molecule has 0 aromatic carbocycles. The van der Waals surface area contributed by atoms with Gasteiger partial charge in [-0.25, -0.2) is 18.4 Å². The third-order valence-corrected chi connectivity index (χ3v) is 3.99. The van der Waals surface area contributed by atoms with Crippen molar-refractivity contribution in [1.29, 1.82) is 0 Å². The normalized spacial score (nSPS) is 11.8. The first-order valence-electron chi connectivity index (χ1n) is 5.61. The number of ether oxygens (including phenoxy) is 1. The molecule has 2 heterocycles. The predicted octanol–water partition coefficient (Wildman–Crippen LogP) is 1.05. The number of pyridine rings is 1. The number of hydrogen-bond donors (Lipinski definition) is 1. The molecule has 0 spiro atoms. The van der Waals surface area contributed by atoms with Gasteiger partial charge in [0.1, 0.15) is 16.1 Å². The molecule has 2 aromatic rings. The van der Waals surface area contributed by atoms with Crippen molar-refractivity contribution in [3.8, 4) is 0 Å². The lowest BCUT2D eigenvalue weighted by atomic mass is 10.3. The Hall–Kier alpha value is -1.64. The summed E-state index contributed by atoms with van der Waals surface area (Å²) in [5, 5.41) is 5.16. The number of primary sulfonamides is 1. The van der Waals surface area contributed by atoms with Crippen LogP contribution in [-0.4, -0.2) is 30.5 Å². The lowest BCUT2D eigenvalue weighted by Gasteiger charge is -2.04. The van der Waals surface area contributed by atoms with Gasteiger partial charge in [0.15, 0.2) is 0 Å². The predicted molar refractivity (Wildman–Crippen MR) is 73.1 cm³/mol. The summed E-state index contributed by atoms with van der Waals surface area (Å²) in [4.78, 5) is 15.6. The fraction of sp³-hybridized carbons (Fsp3) is 0.273. The van der Waals surface area contributed by atoms with Crippen LogP contribution in [-0.2, 0) is 21.8 Å². The molecule has 0 radical (unpaired) electrons. The molecule has 108 valence electrons. The second-order valence-electron chi connectivity index (χ2n) is 4.03. The van der Waals surface area contributed by atoms with E-state index in [4.69, 9.17) is 21.5 Å². The molecule has 0 atom stereocenters. The van der Waals surface area contributed by atoms with Crippen LogP contribution in [0, 0.1) is 0 Å². The molecule has 0 saturated carbocycles. The summed E-state index contributed by atoms with van der Waals surface area (Å²) >= 11 is 6.09. The number of aryl methyl sites for hydroxylation is 1. The largest absolute Gasteiger partial charge is 0.461 e. The monoisotopic (exact) mass is 317 g/mol. The number of rotatable bonds is 3. The topological polar surface area (TPSA) is 104 Å². The van der Waals surface area contributed by atoms with Gasteiger partial charge in [-0.1, -0.05) is 11.6 Å². The van der Waals surface area contributed by atoms with Crippen LogP contribution < -0.4 is 5.14 Å². The van der Waals surface area contributed by atoms with Crippen LogP contribution in [0.5, 0.6) is 0 Å². The number of fused-ring (bicyclic) bond motifs is 1. The quantitative estimate of drug-likeness (QED) is 0.852. The molecular weight excluding hydrogens is 306 g/mol. The summed E-state index contributed by atoms with van der Waals surface area (Å²) in [7, 11) is -2.32. The van der Waals surface area contributed by atoms with E-state index in [1.165, 1.54) is 10.6 Å². The van der Waals surface area contributed by atoms with E-state index in [0.717, 1.165) is 6.20 Å². The first-order chi connectivity index (χ1) is 9.27. The lowest BCUT2D eigenvalue weighted by Crippen LogP contribution is -2.12. The van der Waals surface area contributed by atoms with E-state index in [1.807, 2.05) is 0 Å². The summed E-state index contributed by atoms with van der Waals surface area (Å²) < 4.78 is 29.0. The molecule has 7 nitrogen and oxygen atoms in total. The van der Waals surface area contributed by atoms with Gasteiger partial charge in [-0.05, 0) is 13.0 Å². The molecule has 2 rings (SSSR count). The highest BCUT2D eigenvalue weighted by Gasteiger charge is 2.23. The van der Waals surface area contributed by atoms with Crippen LogP contribution in [0.25, 0.3) is 11.0 Å². The van der Waals surface area contributed by atoms with E-state index < -0.39 is 16.0 Å². The maximum Gasteiger partial charge on any atom is 0.356 e. The third-order valence-electron chi connectivity index (χ3n) is 2.75. The molecule has 0 saturated heterocycles. The molecule has 0 amide bonds. The smallest absolute Gasteiger partial charge is 0.356 e. The number of aromatic nitrogens is 2. The number of esters is 1. The molecule has 0 aliphatic rings. The molecule has 2 aromatic heterocycles. The van der Waals surface area contributed by atoms with Gasteiger partial charge in [-0.3, -0.25) is 4.98 Å². The lowest BCUT2D eigenvalue weighted by molar-refractivity contribution is 0.0516. The number of halogens is 1. The summed E-state index contributed by atoms with van der Waals surface area (Å²) in [6.45, 7) is 1.87. The first kappa shape index (κ1) is 14.8. The third kappa shape index (κ3) is 2.37. The van der Waals surface area contributed by atoms with Crippen molar-refractivity contribution in [2.45, 2.75) is 11.8 Å². The van der Waals surface area contributed by atoms with Crippen LogP contribution in [0.2, 0.25) is 5.02 Å². The number of hydrogen-bond acceptors (Lipinski definition) is 5. The Bertz CT molecular complexity index is 798. The average molecular weight is 318 g/mol. The van der Waals surface area contributed by atoms with Crippen LogP contribution >= 0.6 is 11.6 Å². The first-order valence-corrected chi connectivity index (χ1v) is 7.53. The van der Waals surface area contributed by atoms with E-state index in [9.17, 15) is 13.2 Å². The van der Waals surface area contributed by atoms with E-state index >= 15 is 0 Å². The summed E-state index contributed by atoms with van der Waals surface area (Å²) in [5.41, 5.74) is 0.803. The highest BCUT2D eigenvalue weighted by molar-refractivity contribution is 7.89. The van der Waals surface area contributed by atoms with Crippen molar-refractivity contribution in [3.63, 3.8) is 0 Å². The minimum absolute atomic E-state index is 0.113. The van der Waals surface area contributed by atoms with Crippen molar-refractivity contribution >= 4 is 38.6 Å². The fourth-order valence-electron chi connectivity index (χ4n) is 1.82. The Kier molecular flexibility index (Phi) is 3.72. The number of nitrogens with zero attached hydrogens (tertiary/aromatic N) is 2. The molecule has 0 unspecified atom stereocenters. The molecule has 0 bridgehead atoms. The van der Waals surface area contributed by atoms with Gasteiger partial charge in [0.2, 0.25) is 10.0 Å². The van der Waals surface area contributed by atoms with Crippen LogP contribution in [0.15, 0.2) is 17.2 Å². The Labute approximate surface area is 120 Å². The Morgan fingerprint density at radius 1 is 1.55 bits per heavy atom. The van der Waals surface area contributed by atoms with Crippen LogP contribution in [0.4, 0.5) is 0 Å². The minimum Gasteiger partial charge on any atom is -0.461 e. The maximum absolute atomic E-state index is 11.8. The van der Waals surface area contributed by atoms with Gasteiger partial charge in [0.05, 0.1) is 17.1 Å². The molecule has 2 N–H and O–H groups in total. The molecule has 0 aliphatic heterocycles. The second-order valence-corrected chi connectivity index (χ2v) is 5.97. The van der Waals surface area contributed by atoms with Gasteiger partial charge in [-0.2, -0.15) is 0 Å². The highest BCUT2D eigenvalue weighted by atomic mass is 35.5. The van der Waals surface area contributed by atoms with Crippen molar-refractivity contribution in [2.24, 2.45) is 12.2 Å². The Balaban J connectivity index is 2.73. The van der Waals surface area contributed by atoms with Crippen molar-refractivity contribution in [1.82, 2.24) is 9.55 Å². The fourth-order valence-corrected chi connectivity index (χ4v) is 2.65. The molecular formula is C11H12ClN3O4S. The van der Waals surface area contributed by atoms with E-state index in [1.54, 1.807) is 14.0 Å². The number of carbonyl (C=O) groups excluding carboxylic acids is 1. The maximum atomic E-state index is 11.8. The summed E-state index contributed by atoms with van der Waals surface area (Å²) in [6.07, 6.45) is 1.10. The SMILES string of the molecule is CCOC(=O)c1c(Cl)c2ncc(S(N)(=O)=O)cc2n1C.